The van der Waals surface area contributed by atoms with Crippen molar-refractivity contribution in [3.8, 4) is 11.5 Å². The molecule has 4 heteroatoms. The van der Waals surface area contributed by atoms with Gasteiger partial charge in [-0.05, 0) is 36.1 Å². The zero-order chi connectivity index (χ0) is 18.4. The first-order chi connectivity index (χ1) is 12.5. The zero-order valence-corrected chi connectivity index (χ0v) is 15.6. The van der Waals surface area contributed by atoms with Gasteiger partial charge in [-0.15, -0.1) is 0 Å². The molecule has 1 aliphatic heterocycles. The lowest BCUT2D eigenvalue weighted by Gasteiger charge is -2.28. The van der Waals surface area contributed by atoms with Gasteiger partial charge in [0.05, 0.1) is 0 Å². The number of benzene rings is 2. The number of amides is 1. The highest BCUT2D eigenvalue weighted by Gasteiger charge is 2.24. The van der Waals surface area contributed by atoms with Crippen molar-refractivity contribution in [1.29, 1.82) is 0 Å². The van der Waals surface area contributed by atoms with Gasteiger partial charge in [0.1, 0.15) is 13.2 Å². The highest BCUT2D eigenvalue weighted by molar-refractivity contribution is 5.76. The minimum absolute atomic E-state index is 0.103. The molecule has 26 heavy (non-hydrogen) atoms. The number of nitrogens with one attached hydrogen (secondary N) is 1. The molecular formula is C22H27NO3. The molecule has 1 heterocycles. The molecule has 0 saturated carbocycles. The molecule has 1 amide bonds. The minimum atomic E-state index is -0.176. The summed E-state index contributed by atoms with van der Waals surface area (Å²) in [6.07, 6.45) is 2.34. The molecule has 2 aromatic carbocycles. The van der Waals surface area contributed by atoms with E-state index >= 15 is 0 Å². The second-order valence-corrected chi connectivity index (χ2v) is 7.36. The van der Waals surface area contributed by atoms with Crippen LogP contribution in [0.3, 0.4) is 0 Å². The van der Waals surface area contributed by atoms with Gasteiger partial charge in [0.15, 0.2) is 11.5 Å². The Hall–Kier alpha value is -2.49. The van der Waals surface area contributed by atoms with E-state index in [9.17, 15) is 4.79 Å². The Balaban J connectivity index is 1.49. The largest absolute Gasteiger partial charge is 0.486 e. The fraction of sp³-hybridized carbons (Fsp3) is 0.409. The average Bonchev–Trinajstić information content (AvgIpc) is 2.67. The van der Waals surface area contributed by atoms with Gasteiger partial charge in [-0.3, -0.25) is 4.79 Å². The third kappa shape index (κ3) is 4.78. The molecule has 1 N–H and O–H groups in total. The highest BCUT2D eigenvalue weighted by Crippen LogP contribution is 2.34. The lowest BCUT2D eigenvalue weighted by molar-refractivity contribution is -0.121. The first-order valence-electron chi connectivity index (χ1n) is 9.25. The SMILES string of the molecule is CC(C)(CNC(=O)CCCc1ccccc1)c1ccc2c(c1)OCCO2. The summed E-state index contributed by atoms with van der Waals surface area (Å²) in [6.45, 7) is 6.02. The van der Waals surface area contributed by atoms with Crippen molar-refractivity contribution in [2.24, 2.45) is 0 Å². The van der Waals surface area contributed by atoms with E-state index in [-0.39, 0.29) is 11.3 Å². The van der Waals surface area contributed by atoms with Crippen molar-refractivity contribution in [2.45, 2.75) is 38.5 Å². The van der Waals surface area contributed by atoms with Gasteiger partial charge in [0, 0.05) is 18.4 Å². The van der Waals surface area contributed by atoms with Crippen LogP contribution in [0.5, 0.6) is 11.5 Å². The second kappa shape index (κ2) is 8.26. The van der Waals surface area contributed by atoms with Gasteiger partial charge in [0.2, 0.25) is 5.91 Å². The van der Waals surface area contributed by atoms with Crippen LogP contribution < -0.4 is 14.8 Å². The molecule has 0 unspecified atom stereocenters. The molecule has 0 aliphatic carbocycles. The van der Waals surface area contributed by atoms with Crippen molar-refractivity contribution < 1.29 is 14.3 Å². The maximum atomic E-state index is 12.2. The van der Waals surface area contributed by atoms with E-state index in [0.717, 1.165) is 29.9 Å². The van der Waals surface area contributed by atoms with E-state index in [2.05, 4.69) is 37.4 Å². The summed E-state index contributed by atoms with van der Waals surface area (Å²) in [5.41, 5.74) is 2.23. The summed E-state index contributed by atoms with van der Waals surface area (Å²) in [7, 11) is 0. The maximum absolute atomic E-state index is 12.2. The zero-order valence-electron chi connectivity index (χ0n) is 15.6. The predicted molar refractivity (Wildman–Crippen MR) is 103 cm³/mol. The highest BCUT2D eigenvalue weighted by atomic mass is 16.6. The smallest absolute Gasteiger partial charge is 0.220 e. The van der Waals surface area contributed by atoms with Crippen LogP contribution in [0.4, 0.5) is 0 Å². The number of hydrogen-bond donors (Lipinski definition) is 1. The molecule has 0 radical (unpaired) electrons. The van der Waals surface area contributed by atoms with Crippen molar-refractivity contribution in [3.63, 3.8) is 0 Å². The number of fused-ring (bicyclic) bond motifs is 1. The fourth-order valence-corrected chi connectivity index (χ4v) is 3.07. The summed E-state index contributed by atoms with van der Waals surface area (Å²) < 4.78 is 11.2. The summed E-state index contributed by atoms with van der Waals surface area (Å²) in [6, 6.07) is 16.3. The number of carbonyl (C=O) groups excluding carboxylic acids is 1. The van der Waals surface area contributed by atoms with Crippen molar-refractivity contribution in [2.75, 3.05) is 19.8 Å². The normalized spacial score (nSPS) is 13.3. The number of carbonyl (C=O) groups is 1. The third-order valence-corrected chi connectivity index (χ3v) is 4.76. The molecule has 0 fully saturated rings. The minimum Gasteiger partial charge on any atom is -0.486 e. The topological polar surface area (TPSA) is 47.6 Å². The second-order valence-electron chi connectivity index (χ2n) is 7.36. The Kier molecular flexibility index (Phi) is 5.82. The number of ether oxygens (including phenoxy) is 2. The van der Waals surface area contributed by atoms with Crippen LogP contribution in [-0.4, -0.2) is 25.7 Å². The van der Waals surface area contributed by atoms with Crippen molar-refractivity contribution >= 4 is 5.91 Å². The van der Waals surface area contributed by atoms with Crippen LogP contribution in [-0.2, 0) is 16.6 Å². The molecule has 2 aromatic rings. The quantitative estimate of drug-likeness (QED) is 0.822. The molecule has 1 aliphatic rings. The van der Waals surface area contributed by atoms with Gasteiger partial charge in [0.25, 0.3) is 0 Å². The van der Waals surface area contributed by atoms with Crippen LogP contribution >= 0.6 is 0 Å². The third-order valence-electron chi connectivity index (χ3n) is 4.76. The lowest BCUT2D eigenvalue weighted by atomic mass is 9.84. The molecule has 0 saturated heterocycles. The number of hydrogen-bond acceptors (Lipinski definition) is 3. The Bertz CT molecular complexity index is 740. The van der Waals surface area contributed by atoms with Crippen LogP contribution in [0, 0.1) is 0 Å². The van der Waals surface area contributed by atoms with Gasteiger partial charge >= 0.3 is 0 Å². The number of aryl methyl sites for hydroxylation is 1. The monoisotopic (exact) mass is 353 g/mol. The Morgan fingerprint density at radius 1 is 1.04 bits per heavy atom. The average molecular weight is 353 g/mol. The van der Waals surface area contributed by atoms with Crippen molar-refractivity contribution in [3.05, 3.63) is 59.7 Å². The standard InChI is InChI=1S/C22H27NO3/c1-22(2,18-11-12-19-20(15-18)26-14-13-25-19)16-23-21(24)10-6-9-17-7-4-3-5-8-17/h3-5,7-8,11-12,15H,6,9-10,13-14,16H2,1-2H3,(H,23,24). The predicted octanol–water partition coefficient (Wildman–Crippen LogP) is 3.87. The molecule has 0 aromatic heterocycles. The van der Waals surface area contributed by atoms with E-state index in [4.69, 9.17) is 9.47 Å². The van der Waals surface area contributed by atoms with Gasteiger partial charge in [-0.25, -0.2) is 0 Å². The molecule has 0 spiro atoms. The van der Waals surface area contributed by atoms with E-state index in [1.54, 1.807) is 0 Å². The Morgan fingerprint density at radius 2 is 1.77 bits per heavy atom. The first kappa shape index (κ1) is 18.3. The van der Waals surface area contributed by atoms with Gasteiger partial charge < -0.3 is 14.8 Å². The van der Waals surface area contributed by atoms with Gasteiger partial charge in [-0.1, -0.05) is 50.2 Å². The van der Waals surface area contributed by atoms with E-state index in [0.29, 0.717) is 26.2 Å². The first-order valence-corrected chi connectivity index (χ1v) is 9.25. The molecular weight excluding hydrogens is 326 g/mol. The molecule has 0 bridgehead atoms. The van der Waals surface area contributed by atoms with E-state index in [1.807, 2.05) is 30.3 Å². The van der Waals surface area contributed by atoms with E-state index in [1.165, 1.54) is 5.56 Å². The fourth-order valence-electron chi connectivity index (χ4n) is 3.07. The summed E-state index contributed by atoms with van der Waals surface area (Å²) >= 11 is 0. The van der Waals surface area contributed by atoms with Crippen molar-refractivity contribution in [1.82, 2.24) is 5.32 Å². The van der Waals surface area contributed by atoms with Crippen LogP contribution in [0.15, 0.2) is 48.5 Å². The molecule has 0 atom stereocenters. The molecule has 138 valence electrons. The maximum Gasteiger partial charge on any atom is 0.220 e. The lowest BCUT2D eigenvalue weighted by Crippen LogP contribution is -2.36. The van der Waals surface area contributed by atoms with E-state index < -0.39 is 0 Å². The van der Waals surface area contributed by atoms with Crippen LogP contribution in [0.2, 0.25) is 0 Å². The Morgan fingerprint density at radius 3 is 2.54 bits per heavy atom. The van der Waals surface area contributed by atoms with Gasteiger partial charge in [-0.2, -0.15) is 0 Å². The molecule has 3 rings (SSSR count). The summed E-state index contributed by atoms with van der Waals surface area (Å²) in [4.78, 5) is 12.2. The van der Waals surface area contributed by atoms with Crippen LogP contribution in [0.25, 0.3) is 0 Å². The molecule has 4 nitrogen and oxygen atoms in total. The van der Waals surface area contributed by atoms with Crippen LogP contribution in [0.1, 0.15) is 37.8 Å². The Labute approximate surface area is 155 Å². The number of rotatable bonds is 7. The summed E-state index contributed by atoms with van der Waals surface area (Å²) in [5.74, 6) is 1.68. The summed E-state index contributed by atoms with van der Waals surface area (Å²) in [5, 5.41) is 3.08.